The molecule has 5 heteroatoms. The highest BCUT2D eigenvalue weighted by atomic mass is 19.1. The summed E-state index contributed by atoms with van der Waals surface area (Å²) in [6.07, 6.45) is -1.56. The van der Waals surface area contributed by atoms with Crippen molar-refractivity contribution in [2.75, 3.05) is 0 Å². The molecule has 2 rings (SSSR count). The van der Waals surface area contributed by atoms with E-state index in [4.69, 9.17) is 0 Å². The van der Waals surface area contributed by atoms with Gasteiger partial charge in [0, 0.05) is 18.6 Å². The number of hydrogen-bond donors (Lipinski definition) is 1. The fourth-order valence-electron chi connectivity index (χ4n) is 2.07. The molecule has 0 saturated heterocycles. The molecule has 1 atom stereocenters. The summed E-state index contributed by atoms with van der Waals surface area (Å²) >= 11 is 0. The van der Waals surface area contributed by atoms with E-state index in [2.05, 4.69) is 0 Å². The van der Waals surface area contributed by atoms with Crippen molar-refractivity contribution in [1.29, 1.82) is 0 Å². The molecule has 0 bridgehead atoms. The Hall–Kier alpha value is -1.88. The Morgan fingerprint density at radius 3 is 2.10 bits per heavy atom. The monoisotopic (exact) mass is 284 g/mol. The maximum Gasteiger partial charge on any atom is 0.134 e. The third kappa shape index (κ3) is 2.99. The molecule has 0 radical (unpaired) electrons. The van der Waals surface area contributed by atoms with Crippen molar-refractivity contribution in [3.8, 4) is 0 Å². The van der Waals surface area contributed by atoms with Gasteiger partial charge in [-0.25, -0.2) is 17.6 Å². The van der Waals surface area contributed by atoms with E-state index in [0.717, 1.165) is 0 Å². The van der Waals surface area contributed by atoms with Crippen LogP contribution < -0.4 is 0 Å². The quantitative estimate of drug-likeness (QED) is 0.849. The normalized spacial score (nSPS) is 12.5. The van der Waals surface area contributed by atoms with Crippen LogP contribution in [0, 0.1) is 30.2 Å². The van der Waals surface area contributed by atoms with E-state index in [1.807, 2.05) is 0 Å². The summed E-state index contributed by atoms with van der Waals surface area (Å²) in [7, 11) is 0. The summed E-state index contributed by atoms with van der Waals surface area (Å²) in [5.74, 6) is -3.77. The Bertz CT molecular complexity index is 617. The van der Waals surface area contributed by atoms with E-state index < -0.39 is 34.9 Å². The number of aliphatic hydroxyl groups excluding tert-OH is 1. The van der Waals surface area contributed by atoms with Gasteiger partial charge in [-0.05, 0) is 30.2 Å². The first-order chi connectivity index (χ1) is 9.38. The Balaban J connectivity index is 2.31. The van der Waals surface area contributed by atoms with Crippen molar-refractivity contribution in [3.63, 3.8) is 0 Å². The molecular formula is C15H12F4O. The van der Waals surface area contributed by atoms with Crippen LogP contribution in [0.25, 0.3) is 0 Å². The first-order valence-corrected chi connectivity index (χ1v) is 5.96. The third-order valence-electron chi connectivity index (χ3n) is 3.09. The van der Waals surface area contributed by atoms with Gasteiger partial charge in [0.1, 0.15) is 23.3 Å². The summed E-state index contributed by atoms with van der Waals surface area (Å²) in [6.45, 7) is 1.63. The maximum absolute atomic E-state index is 13.5. The lowest BCUT2D eigenvalue weighted by molar-refractivity contribution is 0.168. The Morgan fingerprint density at radius 2 is 1.55 bits per heavy atom. The van der Waals surface area contributed by atoms with Crippen LogP contribution in [-0.2, 0) is 6.42 Å². The number of aryl methyl sites for hydroxylation is 1. The van der Waals surface area contributed by atoms with Crippen molar-refractivity contribution in [2.45, 2.75) is 19.4 Å². The lowest BCUT2D eigenvalue weighted by atomic mass is 9.97. The summed E-state index contributed by atoms with van der Waals surface area (Å²) in [6, 6.07) is 4.93. The number of aliphatic hydroxyl groups is 1. The smallest absolute Gasteiger partial charge is 0.134 e. The van der Waals surface area contributed by atoms with Gasteiger partial charge in [0.2, 0.25) is 0 Å². The van der Waals surface area contributed by atoms with E-state index in [0.29, 0.717) is 23.3 Å². The minimum Gasteiger partial charge on any atom is -0.388 e. The Kier molecular flexibility index (Phi) is 4.09. The topological polar surface area (TPSA) is 20.2 Å². The van der Waals surface area contributed by atoms with Crippen LogP contribution in [0.3, 0.4) is 0 Å². The first-order valence-electron chi connectivity index (χ1n) is 5.96. The highest BCUT2D eigenvalue weighted by Crippen LogP contribution is 2.26. The molecule has 0 spiro atoms. The van der Waals surface area contributed by atoms with Gasteiger partial charge in [0.05, 0.1) is 11.7 Å². The zero-order chi connectivity index (χ0) is 14.9. The molecule has 0 aliphatic carbocycles. The van der Waals surface area contributed by atoms with Gasteiger partial charge < -0.3 is 5.11 Å². The molecular weight excluding hydrogens is 272 g/mol. The van der Waals surface area contributed by atoms with Crippen LogP contribution in [0.15, 0.2) is 30.3 Å². The molecule has 2 aromatic rings. The van der Waals surface area contributed by atoms with Crippen LogP contribution in [-0.4, -0.2) is 5.11 Å². The average Bonchev–Trinajstić information content (AvgIpc) is 2.31. The predicted molar refractivity (Wildman–Crippen MR) is 66.1 cm³/mol. The molecule has 20 heavy (non-hydrogen) atoms. The van der Waals surface area contributed by atoms with E-state index in [1.54, 1.807) is 6.92 Å². The van der Waals surface area contributed by atoms with Crippen molar-refractivity contribution in [2.24, 2.45) is 0 Å². The molecule has 0 aliphatic heterocycles. The van der Waals surface area contributed by atoms with Crippen molar-refractivity contribution < 1.29 is 22.7 Å². The highest BCUT2D eigenvalue weighted by Gasteiger charge is 2.20. The molecule has 1 unspecified atom stereocenters. The largest absolute Gasteiger partial charge is 0.388 e. The maximum atomic E-state index is 13.5. The van der Waals surface area contributed by atoms with Crippen LogP contribution >= 0.6 is 0 Å². The van der Waals surface area contributed by atoms with Gasteiger partial charge in [-0.15, -0.1) is 0 Å². The SMILES string of the molecule is Cc1cc(F)ccc1CC(O)c1c(F)cc(F)cc1F. The van der Waals surface area contributed by atoms with Crippen LogP contribution in [0.1, 0.15) is 22.8 Å². The minimum absolute atomic E-state index is 0.0917. The number of rotatable bonds is 3. The minimum atomic E-state index is -1.47. The second-order valence-electron chi connectivity index (χ2n) is 4.57. The lowest BCUT2D eigenvalue weighted by Gasteiger charge is -2.14. The first kappa shape index (κ1) is 14.5. The van der Waals surface area contributed by atoms with Crippen molar-refractivity contribution >= 4 is 0 Å². The Morgan fingerprint density at radius 1 is 0.950 bits per heavy atom. The van der Waals surface area contributed by atoms with Crippen molar-refractivity contribution in [3.05, 3.63) is 70.3 Å². The fraction of sp³-hybridized carbons (Fsp3) is 0.200. The molecule has 0 aliphatic rings. The zero-order valence-electron chi connectivity index (χ0n) is 10.6. The van der Waals surface area contributed by atoms with Gasteiger partial charge in [0.25, 0.3) is 0 Å². The van der Waals surface area contributed by atoms with Crippen LogP contribution in [0.2, 0.25) is 0 Å². The van der Waals surface area contributed by atoms with E-state index >= 15 is 0 Å². The third-order valence-corrected chi connectivity index (χ3v) is 3.09. The Labute approximate surface area is 113 Å². The van der Waals surface area contributed by atoms with Crippen molar-refractivity contribution in [1.82, 2.24) is 0 Å². The number of benzene rings is 2. The molecule has 1 N–H and O–H groups in total. The lowest BCUT2D eigenvalue weighted by Crippen LogP contribution is -2.09. The molecule has 0 saturated carbocycles. The molecule has 1 nitrogen and oxygen atoms in total. The van der Waals surface area contributed by atoms with Gasteiger partial charge in [-0.2, -0.15) is 0 Å². The standard InChI is InChI=1S/C15H12F4O/c1-8-4-10(16)3-2-9(8)5-14(20)15-12(18)6-11(17)7-13(15)19/h2-4,6-7,14,20H,5H2,1H3. The molecule has 0 heterocycles. The van der Waals surface area contributed by atoms with Gasteiger partial charge >= 0.3 is 0 Å². The molecule has 2 aromatic carbocycles. The van der Waals surface area contributed by atoms with Gasteiger partial charge in [-0.1, -0.05) is 6.07 Å². The zero-order valence-corrected chi connectivity index (χ0v) is 10.6. The average molecular weight is 284 g/mol. The van der Waals surface area contributed by atoms with E-state index in [9.17, 15) is 22.7 Å². The second-order valence-corrected chi connectivity index (χ2v) is 4.57. The van der Waals surface area contributed by atoms with Crippen LogP contribution in [0.5, 0.6) is 0 Å². The summed E-state index contributed by atoms with van der Waals surface area (Å²) in [5, 5.41) is 9.92. The van der Waals surface area contributed by atoms with Gasteiger partial charge in [-0.3, -0.25) is 0 Å². The van der Waals surface area contributed by atoms with E-state index in [-0.39, 0.29) is 6.42 Å². The summed E-state index contributed by atoms with van der Waals surface area (Å²) in [5.41, 5.74) is 0.532. The summed E-state index contributed by atoms with van der Waals surface area (Å²) in [4.78, 5) is 0. The molecule has 0 aromatic heterocycles. The van der Waals surface area contributed by atoms with Gasteiger partial charge in [0.15, 0.2) is 0 Å². The molecule has 0 fully saturated rings. The highest BCUT2D eigenvalue weighted by molar-refractivity contribution is 5.30. The van der Waals surface area contributed by atoms with E-state index in [1.165, 1.54) is 18.2 Å². The fourth-order valence-corrected chi connectivity index (χ4v) is 2.07. The molecule has 0 amide bonds. The summed E-state index contributed by atoms with van der Waals surface area (Å²) < 4.78 is 52.8. The molecule has 106 valence electrons. The predicted octanol–water partition coefficient (Wildman–Crippen LogP) is 3.83. The number of halogens is 4. The second kappa shape index (κ2) is 5.63. The number of hydrogen-bond acceptors (Lipinski definition) is 1. The van der Waals surface area contributed by atoms with Crippen LogP contribution in [0.4, 0.5) is 17.6 Å².